The van der Waals surface area contributed by atoms with Gasteiger partial charge in [-0.25, -0.2) is 0 Å². The van der Waals surface area contributed by atoms with Gasteiger partial charge in [-0.1, -0.05) is 111 Å². The van der Waals surface area contributed by atoms with Crippen LogP contribution in [0.1, 0.15) is 25.0 Å². The Morgan fingerprint density at radius 3 is 2.24 bits per heavy atom. The Bertz CT molecular complexity index is 2690. The van der Waals surface area contributed by atoms with Crippen LogP contribution >= 0.6 is 11.3 Å². The lowest BCUT2D eigenvalue weighted by molar-refractivity contribution is 0.660. The molecule has 0 saturated heterocycles. The van der Waals surface area contributed by atoms with E-state index in [-0.39, 0.29) is 5.41 Å². The van der Waals surface area contributed by atoms with Crippen molar-refractivity contribution >= 4 is 81.3 Å². The molecule has 0 aliphatic heterocycles. The molecule has 1 aliphatic carbocycles. The van der Waals surface area contributed by atoms with Gasteiger partial charge in [0.15, 0.2) is 0 Å². The van der Waals surface area contributed by atoms with Crippen LogP contribution in [0.25, 0.3) is 64.0 Å². The van der Waals surface area contributed by atoms with Gasteiger partial charge in [-0.3, -0.25) is 0 Å². The predicted molar refractivity (Wildman–Crippen MR) is 196 cm³/mol. The summed E-state index contributed by atoms with van der Waals surface area (Å²) in [5.74, 6) is 0. The van der Waals surface area contributed by atoms with E-state index in [1.54, 1.807) is 0 Å². The molecule has 7 aromatic carbocycles. The summed E-state index contributed by atoms with van der Waals surface area (Å²) >= 11 is 1.89. The third kappa shape index (κ3) is 3.46. The van der Waals surface area contributed by atoms with Gasteiger partial charge in [0, 0.05) is 53.0 Å². The highest BCUT2D eigenvalue weighted by Crippen LogP contribution is 2.55. The average Bonchev–Trinajstić information content (AvgIpc) is 3.73. The topological polar surface area (TPSA) is 16.4 Å². The molecular weight excluding hydrogens is 579 g/mol. The number of para-hydroxylation sites is 1. The predicted octanol–water partition coefficient (Wildman–Crippen LogP) is 12.9. The maximum atomic E-state index is 6.29. The molecule has 9 aromatic rings. The lowest BCUT2D eigenvalue weighted by atomic mass is 9.82. The third-order valence-corrected chi connectivity index (χ3v) is 11.3. The Balaban J connectivity index is 1.34. The van der Waals surface area contributed by atoms with Crippen molar-refractivity contribution in [3.8, 4) is 11.1 Å². The number of benzene rings is 7. The lowest BCUT2D eigenvalue weighted by Crippen LogP contribution is -2.16. The quantitative estimate of drug-likeness (QED) is 0.199. The van der Waals surface area contributed by atoms with E-state index < -0.39 is 0 Å². The summed E-state index contributed by atoms with van der Waals surface area (Å²) in [6, 6.07) is 50.9. The van der Waals surface area contributed by atoms with Crippen molar-refractivity contribution in [1.29, 1.82) is 0 Å². The van der Waals surface area contributed by atoms with Gasteiger partial charge < -0.3 is 9.32 Å². The molecule has 0 atom stereocenters. The third-order valence-electron chi connectivity index (χ3n) is 10.1. The van der Waals surface area contributed by atoms with E-state index in [1.807, 2.05) is 17.4 Å². The molecule has 2 nitrogen and oxygen atoms in total. The molecule has 2 aromatic heterocycles. The molecular formula is C43H29NOS. The second kappa shape index (κ2) is 9.32. The monoisotopic (exact) mass is 607 g/mol. The molecule has 0 saturated carbocycles. The van der Waals surface area contributed by atoms with E-state index in [2.05, 4.69) is 152 Å². The van der Waals surface area contributed by atoms with Crippen LogP contribution in [-0.4, -0.2) is 0 Å². The van der Waals surface area contributed by atoms with Crippen molar-refractivity contribution in [1.82, 2.24) is 0 Å². The molecule has 1 aliphatic rings. The summed E-state index contributed by atoms with van der Waals surface area (Å²) < 4.78 is 8.93. The van der Waals surface area contributed by atoms with Crippen molar-refractivity contribution in [2.45, 2.75) is 19.3 Å². The number of furan rings is 1. The van der Waals surface area contributed by atoms with E-state index in [9.17, 15) is 0 Å². The van der Waals surface area contributed by atoms with Gasteiger partial charge in [0.25, 0.3) is 0 Å². The van der Waals surface area contributed by atoms with E-state index >= 15 is 0 Å². The van der Waals surface area contributed by atoms with E-state index in [0.717, 1.165) is 27.6 Å². The molecule has 0 spiro atoms. The average molecular weight is 608 g/mol. The SMILES string of the molecule is CC1(C)c2ccccc2-c2c(N(c3ccc4oc5ccccc5c4c3)c3cccc4ccc5c6ccccc6sc5c34)cccc21. The number of anilines is 3. The minimum absolute atomic E-state index is 0.101. The van der Waals surface area contributed by atoms with Gasteiger partial charge in [0.05, 0.1) is 11.4 Å². The molecule has 46 heavy (non-hydrogen) atoms. The van der Waals surface area contributed by atoms with E-state index in [4.69, 9.17) is 4.42 Å². The highest BCUT2D eigenvalue weighted by molar-refractivity contribution is 7.26. The van der Waals surface area contributed by atoms with Gasteiger partial charge in [-0.2, -0.15) is 0 Å². The zero-order valence-corrected chi connectivity index (χ0v) is 26.4. The maximum absolute atomic E-state index is 6.29. The summed E-state index contributed by atoms with van der Waals surface area (Å²) in [6.45, 7) is 4.71. The van der Waals surface area contributed by atoms with Crippen molar-refractivity contribution in [2.75, 3.05) is 4.90 Å². The fourth-order valence-electron chi connectivity index (χ4n) is 7.90. The first kappa shape index (κ1) is 25.9. The molecule has 0 bridgehead atoms. The molecule has 3 heteroatoms. The van der Waals surface area contributed by atoms with Crippen LogP contribution in [0, 0.1) is 0 Å². The highest BCUT2D eigenvalue weighted by Gasteiger charge is 2.38. The normalized spacial score (nSPS) is 13.6. The Morgan fingerprint density at radius 1 is 0.565 bits per heavy atom. The molecule has 0 unspecified atom stereocenters. The van der Waals surface area contributed by atoms with Crippen LogP contribution in [0.5, 0.6) is 0 Å². The summed E-state index contributed by atoms with van der Waals surface area (Å²) in [4.78, 5) is 2.50. The smallest absolute Gasteiger partial charge is 0.135 e. The van der Waals surface area contributed by atoms with Gasteiger partial charge in [-0.05, 0) is 64.5 Å². The largest absolute Gasteiger partial charge is 0.456 e. The number of hydrogen-bond donors (Lipinski definition) is 0. The number of hydrogen-bond acceptors (Lipinski definition) is 3. The molecule has 0 N–H and O–H groups in total. The van der Waals surface area contributed by atoms with Gasteiger partial charge in [-0.15, -0.1) is 11.3 Å². The number of thiophene rings is 1. The Labute approximate surface area is 270 Å². The zero-order chi connectivity index (χ0) is 30.6. The first-order valence-corrected chi connectivity index (χ1v) is 16.7. The molecule has 218 valence electrons. The van der Waals surface area contributed by atoms with Crippen LogP contribution in [0.3, 0.4) is 0 Å². The molecule has 2 heterocycles. The second-order valence-corrected chi connectivity index (χ2v) is 14.0. The molecule has 0 amide bonds. The first-order chi connectivity index (χ1) is 22.6. The number of nitrogens with zero attached hydrogens (tertiary/aromatic N) is 1. The minimum atomic E-state index is -0.101. The van der Waals surface area contributed by atoms with Crippen molar-refractivity contribution in [3.63, 3.8) is 0 Å². The number of fused-ring (bicyclic) bond motifs is 11. The van der Waals surface area contributed by atoms with Crippen LogP contribution in [0.4, 0.5) is 17.1 Å². The van der Waals surface area contributed by atoms with Gasteiger partial charge >= 0.3 is 0 Å². The Kier molecular flexibility index (Phi) is 5.25. The molecule has 0 fully saturated rings. The summed E-state index contributed by atoms with van der Waals surface area (Å²) in [5.41, 5.74) is 10.5. The first-order valence-electron chi connectivity index (χ1n) is 15.9. The van der Waals surface area contributed by atoms with Gasteiger partial charge in [0.1, 0.15) is 11.2 Å². The second-order valence-electron chi connectivity index (χ2n) is 12.9. The lowest BCUT2D eigenvalue weighted by Gasteiger charge is -2.30. The van der Waals surface area contributed by atoms with Crippen LogP contribution in [0.2, 0.25) is 0 Å². The van der Waals surface area contributed by atoms with Crippen LogP contribution in [0.15, 0.2) is 144 Å². The Morgan fingerprint density at radius 2 is 1.30 bits per heavy atom. The van der Waals surface area contributed by atoms with Crippen molar-refractivity contribution in [3.05, 3.63) is 151 Å². The molecule has 0 radical (unpaired) electrons. The van der Waals surface area contributed by atoms with E-state index in [1.165, 1.54) is 64.6 Å². The zero-order valence-electron chi connectivity index (χ0n) is 25.5. The molecule has 10 rings (SSSR count). The maximum Gasteiger partial charge on any atom is 0.135 e. The van der Waals surface area contributed by atoms with Crippen molar-refractivity contribution in [2.24, 2.45) is 0 Å². The van der Waals surface area contributed by atoms with Gasteiger partial charge in [0.2, 0.25) is 0 Å². The minimum Gasteiger partial charge on any atom is -0.456 e. The summed E-state index contributed by atoms with van der Waals surface area (Å²) in [7, 11) is 0. The fraction of sp³-hybridized carbons (Fsp3) is 0.0698. The highest BCUT2D eigenvalue weighted by atomic mass is 32.1. The van der Waals surface area contributed by atoms with Crippen molar-refractivity contribution < 1.29 is 4.42 Å². The summed E-state index contributed by atoms with van der Waals surface area (Å²) in [5, 5.41) is 7.40. The summed E-state index contributed by atoms with van der Waals surface area (Å²) in [6.07, 6.45) is 0. The standard InChI is InChI=1S/C43H29NOS/c1-43(2)33-15-6-3-14-31(33)41-34(43)16-10-18-36(41)44(27-22-24-38-32(25-27)28-12-4-7-19-37(28)45-38)35-17-9-11-26-21-23-30-29-13-5-8-20-39(29)46-42(30)40(26)35/h3-25H,1-2H3. The number of rotatable bonds is 3. The Hall–Kier alpha value is -5.38. The van der Waals surface area contributed by atoms with Crippen LogP contribution < -0.4 is 4.90 Å². The van der Waals surface area contributed by atoms with E-state index in [0.29, 0.717) is 0 Å². The fourth-order valence-corrected chi connectivity index (χ4v) is 9.17. The van der Waals surface area contributed by atoms with Crippen LogP contribution in [-0.2, 0) is 5.41 Å².